The summed E-state index contributed by atoms with van der Waals surface area (Å²) in [6.07, 6.45) is 1.66. The molecule has 24 heavy (non-hydrogen) atoms. The third-order valence-corrected chi connectivity index (χ3v) is 4.00. The van der Waals surface area contributed by atoms with Crippen molar-refractivity contribution in [1.29, 1.82) is 0 Å². The van der Waals surface area contributed by atoms with Crippen LogP contribution in [0.4, 0.5) is 16.0 Å². The Bertz CT molecular complexity index is 996. The Balaban J connectivity index is 2.36. The molecule has 1 aromatic carbocycles. The minimum absolute atomic E-state index is 0.0138. The standard InChI is InChI=1S/C17H18FN5O/c1-4-23-15-10(8-21-17(20-3)22-15)6-12(16(23)24)11-7-14(19)13(18)5-9(11)2/h5-8H,4,19H2,1-3H3,(H,20,21,22). The smallest absolute Gasteiger partial charge is 0.260 e. The summed E-state index contributed by atoms with van der Waals surface area (Å²) in [6, 6.07) is 4.56. The van der Waals surface area contributed by atoms with Crippen LogP contribution in [0, 0.1) is 12.7 Å². The molecule has 0 spiro atoms. The summed E-state index contributed by atoms with van der Waals surface area (Å²) in [6.45, 7) is 4.08. The van der Waals surface area contributed by atoms with Gasteiger partial charge in [0.25, 0.3) is 5.56 Å². The third kappa shape index (κ3) is 2.47. The summed E-state index contributed by atoms with van der Waals surface area (Å²) in [5, 5.41) is 3.59. The number of halogens is 1. The van der Waals surface area contributed by atoms with E-state index in [1.807, 2.05) is 6.92 Å². The molecule has 0 aliphatic heterocycles. The average Bonchev–Trinajstić information content (AvgIpc) is 2.57. The van der Waals surface area contributed by atoms with Gasteiger partial charge in [-0.05, 0) is 43.2 Å². The molecule has 0 fully saturated rings. The molecule has 0 radical (unpaired) electrons. The summed E-state index contributed by atoms with van der Waals surface area (Å²) >= 11 is 0. The molecule has 6 nitrogen and oxygen atoms in total. The largest absolute Gasteiger partial charge is 0.396 e. The maximum atomic E-state index is 13.6. The van der Waals surface area contributed by atoms with Crippen molar-refractivity contribution in [3.8, 4) is 11.1 Å². The zero-order valence-corrected chi connectivity index (χ0v) is 13.7. The van der Waals surface area contributed by atoms with Crippen LogP contribution in [-0.2, 0) is 6.54 Å². The minimum atomic E-state index is -0.491. The second kappa shape index (κ2) is 5.92. The van der Waals surface area contributed by atoms with E-state index in [9.17, 15) is 9.18 Å². The van der Waals surface area contributed by atoms with Crippen LogP contribution in [0.25, 0.3) is 22.2 Å². The van der Waals surface area contributed by atoms with Gasteiger partial charge in [-0.2, -0.15) is 4.98 Å². The van der Waals surface area contributed by atoms with E-state index < -0.39 is 5.82 Å². The lowest BCUT2D eigenvalue weighted by molar-refractivity contribution is 0.631. The number of hydrogen-bond donors (Lipinski definition) is 2. The molecule has 3 rings (SSSR count). The molecule has 0 bridgehead atoms. The van der Waals surface area contributed by atoms with E-state index in [1.54, 1.807) is 30.8 Å². The zero-order chi connectivity index (χ0) is 17.4. The van der Waals surface area contributed by atoms with Crippen molar-refractivity contribution in [2.45, 2.75) is 20.4 Å². The lowest BCUT2D eigenvalue weighted by atomic mass is 10.00. The van der Waals surface area contributed by atoms with Crippen molar-refractivity contribution in [3.63, 3.8) is 0 Å². The number of anilines is 2. The highest BCUT2D eigenvalue weighted by molar-refractivity contribution is 5.83. The third-order valence-electron chi connectivity index (χ3n) is 4.00. The van der Waals surface area contributed by atoms with Crippen LogP contribution >= 0.6 is 0 Å². The van der Waals surface area contributed by atoms with Crippen molar-refractivity contribution >= 4 is 22.7 Å². The predicted octanol–water partition coefficient (Wildman–Crippen LogP) is 2.55. The van der Waals surface area contributed by atoms with Gasteiger partial charge in [0.2, 0.25) is 5.95 Å². The number of rotatable bonds is 3. The van der Waals surface area contributed by atoms with Crippen LogP contribution in [0.5, 0.6) is 0 Å². The number of nitrogens with two attached hydrogens (primary N) is 1. The van der Waals surface area contributed by atoms with Crippen LogP contribution in [0.2, 0.25) is 0 Å². The average molecular weight is 327 g/mol. The lowest BCUT2D eigenvalue weighted by Gasteiger charge is -2.13. The van der Waals surface area contributed by atoms with Gasteiger partial charge in [-0.15, -0.1) is 0 Å². The Morgan fingerprint density at radius 3 is 2.71 bits per heavy atom. The highest BCUT2D eigenvalue weighted by Crippen LogP contribution is 2.27. The molecule has 0 saturated carbocycles. The number of fused-ring (bicyclic) bond motifs is 1. The topological polar surface area (TPSA) is 85.8 Å². The summed E-state index contributed by atoms with van der Waals surface area (Å²) in [5.41, 5.74) is 7.77. The van der Waals surface area contributed by atoms with E-state index >= 15 is 0 Å². The van der Waals surface area contributed by atoms with Crippen LogP contribution in [0.3, 0.4) is 0 Å². The Morgan fingerprint density at radius 1 is 1.29 bits per heavy atom. The molecular formula is C17H18FN5O. The number of hydrogen-bond acceptors (Lipinski definition) is 5. The fourth-order valence-electron chi connectivity index (χ4n) is 2.75. The first-order chi connectivity index (χ1) is 11.5. The van der Waals surface area contributed by atoms with Gasteiger partial charge in [0, 0.05) is 30.7 Å². The minimum Gasteiger partial charge on any atom is -0.396 e. The quantitative estimate of drug-likeness (QED) is 0.722. The van der Waals surface area contributed by atoms with Crippen LogP contribution in [-0.4, -0.2) is 21.6 Å². The van der Waals surface area contributed by atoms with E-state index in [2.05, 4.69) is 15.3 Å². The highest BCUT2D eigenvalue weighted by atomic mass is 19.1. The van der Waals surface area contributed by atoms with Crippen LogP contribution < -0.4 is 16.6 Å². The van der Waals surface area contributed by atoms with Gasteiger partial charge in [0.1, 0.15) is 11.5 Å². The fraction of sp³-hybridized carbons (Fsp3) is 0.235. The molecule has 0 amide bonds. The van der Waals surface area contributed by atoms with E-state index in [0.717, 1.165) is 5.39 Å². The second-order valence-corrected chi connectivity index (χ2v) is 5.52. The van der Waals surface area contributed by atoms with E-state index in [0.29, 0.717) is 34.8 Å². The van der Waals surface area contributed by atoms with Crippen LogP contribution in [0.1, 0.15) is 12.5 Å². The molecule has 0 aliphatic carbocycles. The maximum absolute atomic E-state index is 13.6. The van der Waals surface area contributed by atoms with Crippen molar-refractivity contribution < 1.29 is 4.39 Å². The van der Waals surface area contributed by atoms with Gasteiger partial charge in [-0.1, -0.05) is 0 Å². The van der Waals surface area contributed by atoms with Gasteiger partial charge >= 0.3 is 0 Å². The second-order valence-electron chi connectivity index (χ2n) is 5.52. The maximum Gasteiger partial charge on any atom is 0.260 e. The molecule has 0 atom stereocenters. The van der Waals surface area contributed by atoms with Crippen molar-refractivity contribution in [2.24, 2.45) is 0 Å². The normalized spacial score (nSPS) is 11.0. The number of nitrogens with zero attached hydrogens (tertiary/aromatic N) is 3. The Kier molecular flexibility index (Phi) is 3.92. The number of pyridine rings is 1. The first kappa shape index (κ1) is 15.9. The SMILES string of the molecule is CCn1c(=O)c(-c2cc(N)c(F)cc2C)cc2cnc(NC)nc21. The Labute approximate surface area is 138 Å². The summed E-state index contributed by atoms with van der Waals surface area (Å²) in [4.78, 5) is 21.5. The Hall–Kier alpha value is -2.96. The molecule has 2 aromatic heterocycles. The van der Waals surface area contributed by atoms with Crippen molar-refractivity contribution in [3.05, 3.63) is 46.1 Å². The van der Waals surface area contributed by atoms with Gasteiger partial charge in [-0.3, -0.25) is 9.36 Å². The fourth-order valence-corrected chi connectivity index (χ4v) is 2.75. The van der Waals surface area contributed by atoms with Crippen LogP contribution in [0.15, 0.2) is 29.2 Å². The van der Waals surface area contributed by atoms with Gasteiger partial charge in [0.15, 0.2) is 0 Å². The summed E-state index contributed by atoms with van der Waals surface area (Å²) in [5.74, 6) is -0.0473. The molecule has 3 N–H and O–H groups in total. The first-order valence-corrected chi connectivity index (χ1v) is 7.60. The number of nitrogen functional groups attached to an aromatic ring is 1. The molecule has 0 unspecified atom stereocenters. The predicted molar refractivity (Wildman–Crippen MR) is 93.6 cm³/mol. The van der Waals surface area contributed by atoms with Gasteiger partial charge in [0.05, 0.1) is 5.69 Å². The number of aryl methyl sites for hydroxylation is 2. The van der Waals surface area contributed by atoms with Gasteiger partial charge < -0.3 is 11.1 Å². The molecule has 0 saturated heterocycles. The van der Waals surface area contributed by atoms with E-state index in [4.69, 9.17) is 5.73 Å². The van der Waals surface area contributed by atoms with E-state index in [-0.39, 0.29) is 11.2 Å². The number of aromatic nitrogens is 3. The van der Waals surface area contributed by atoms with Gasteiger partial charge in [-0.25, -0.2) is 9.37 Å². The lowest BCUT2D eigenvalue weighted by Crippen LogP contribution is -2.22. The highest BCUT2D eigenvalue weighted by Gasteiger charge is 2.15. The molecule has 124 valence electrons. The summed E-state index contributed by atoms with van der Waals surface area (Å²) in [7, 11) is 1.72. The van der Waals surface area contributed by atoms with E-state index in [1.165, 1.54) is 12.1 Å². The molecular weight excluding hydrogens is 309 g/mol. The first-order valence-electron chi connectivity index (χ1n) is 7.60. The molecule has 2 heterocycles. The molecule has 7 heteroatoms. The monoisotopic (exact) mass is 327 g/mol. The number of nitrogens with one attached hydrogen (secondary N) is 1. The van der Waals surface area contributed by atoms with Crippen molar-refractivity contribution in [1.82, 2.24) is 14.5 Å². The molecule has 3 aromatic rings. The zero-order valence-electron chi connectivity index (χ0n) is 13.7. The van der Waals surface area contributed by atoms with Crippen molar-refractivity contribution in [2.75, 3.05) is 18.1 Å². The summed E-state index contributed by atoms with van der Waals surface area (Å²) < 4.78 is 15.2. The molecule has 0 aliphatic rings. The number of benzene rings is 1. The Morgan fingerprint density at radius 2 is 2.04 bits per heavy atom.